The largest absolute Gasteiger partial charge is 0.458 e. The third-order valence-corrected chi connectivity index (χ3v) is 3.91. The highest BCUT2D eigenvalue weighted by atomic mass is 19.4. The molecule has 0 bridgehead atoms. The third kappa shape index (κ3) is 5.57. The quantitative estimate of drug-likeness (QED) is 0.455. The van der Waals surface area contributed by atoms with Gasteiger partial charge in [-0.1, -0.05) is 42.5 Å². The summed E-state index contributed by atoms with van der Waals surface area (Å²) in [4.78, 5) is 11.8. The molecule has 0 aliphatic carbocycles. The summed E-state index contributed by atoms with van der Waals surface area (Å²) < 4.78 is 44.3. The standard InChI is InChI=1S/C21H17F3N2O2/c22-21(23,24)19-9-6-17(7-10-19)15-28-20(27)11-8-18-12-25-26(14-18)13-16-4-2-1-3-5-16/h1-12,14H,13,15H2/b11-8+. The molecule has 0 amide bonds. The molecule has 7 heteroatoms. The molecule has 0 N–H and O–H groups in total. The average Bonchev–Trinajstić information content (AvgIpc) is 3.12. The van der Waals surface area contributed by atoms with Gasteiger partial charge in [0.1, 0.15) is 6.61 Å². The molecule has 0 aliphatic heterocycles. The van der Waals surface area contributed by atoms with Gasteiger partial charge in [0.15, 0.2) is 0 Å². The van der Waals surface area contributed by atoms with E-state index in [1.54, 1.807) is 23.2 Å². The number of benzene rings is 2. The number of hydrogen-bond donors (Lipinski definition) is 0. The molecular weight excluding hydrogens is 369 g/mol. The molecule has 0 aliphatic rings. The second kappa shape index (κ2) is 8.56. The molecule has 0 radical (unpaired) electrons. The molecule has 0 saturated heterocycles. The van der Waals surface area contributed by atoms with Gasteiger partial charge >= 0.3 is 12.1 Å². The second-order valence-corrected chi connectivity index (χ2v) is 6.09. The van der Waals surface area contributed by atoms with E-state index >= 15 is 0 Å². The predicted molar refractivity (Wildman–Crippen MR) is 98.0 cm³/mol. The smallest absolute Gasteiger partial charge is 0.416 e. The first-order valence-corrected chi connectivity index (χ1v) is 8.47. The van der Waals surface area contributed by atoms with Gasteiger partial charge in [-0.3, -0.25) is 4.68 Å². The molecule has 0 saturated carbocycles. The fourth-order valence-electron chi connectivity index (χ4n) is 2.48. The van der Waals surface area contributed by atoms with Crippen LogP contribution in [0.5, 0.6) is 0 Å². The van der Waals surface area contributed by atoms with Crippen LogP contribution in [0.3, 0.4) is 0 Å². The van der Waals surface area contributed by atoms with Gasteiger partial charge in [0.05, 0.1) is 18.3 Å². The number of esters is 1. The van der Waals surface area contributed by atoms with E-state index in [4.69, 9.17) is 4.74 Å². The highest BCUT2D eigenvalue weighted by Gasteiger charge is 2.29. The van der Waals surface area contributed by atoms with Crippen molar-refractivity contribution in [1.29, 1.82) is 0 Å². The fraction of sp³-hybridized carbons (Fsp3) is 0.143. The van der Waals surface area contributed by atoms with E-state index in [1.165, 1.54) is 18.2 Å². The van der Waals surface area contributed by atoms with Crippen molar-refractivity contribution >= 4 is 12.0 Å². The molecule has 0 unspecified atom stereocenters. The van der Waals surface area contributed by atoms with Gasteiger partial charge in [0, 0.05) is 17.8 Å². The highest BCUT2D eigenvalue weighted by Crippen LogP contribution is 2.29. The Bertz CT molecular complexity index is 946. The Morgan fingerprint density at radius 3 is 2.43 bits per heavy atom. The Hall–Kier alpha value is -3.35. The van der Waals surface area contributed by atoms with Gasteiger partial charge in [-0.05, 0) is 29.3 Å². The Morgan fingerprint density at radius 2 is 1.75 bits per heavy atom. The number of alkyl halides is 3. The summed E-state index contributed by atoms with van der Waals surface area (Å²) in [6, 6.07) is 14.3. The first-order chi connectivity index (χ1) is 13.4. The predicted octanol–water partition coefficient (Wildman–Crippen LogP) is 4.71. The first kappa shape index (κ1) is 19.4. The van der Waals surface area contributed by atoms with Crippen LogP contribution < -0.4 is 0 Å². The maximum absolute atomic E-state index is 12.5. The van der Waals surface area contributed by atoms with Gasteiger partial charge in [-0.2, -0.15) is 18.3 Å². The van der Waals surface area contributed by atoms with Crippen molar-refractivity contribution < 1.29 is 22.7 Å². The topological polar surface area (TPSA) is 44.1 Å². The van der Waals surface area contributed by atoms with Gasteiger partial charge < -0.3 is 4.74 Å². The maximum atomic E-state index is 12.5. The zero-order valence-electron chi connectivity index (χ0n) is 14.8. The SMILES string of the molecule is O=C(/C=C/c1cnn(Cc2ccccc2)c1)OCc1ccc(C(F)(F)F)cc1. The number of nitrogens with zero attached hydrogens (tertiary/aromatic N) is 2. The van der Waals surface area contributed by atoms with Crippen LogP contribution in [-0.4, -0.2) is 15.7 Å². The molecule has 3 rings (SSSR count). The summed E-state index contributed by atoms with van der Waals surface area (Å²) in [6.07, 6.45) is 1.87. The van der Waals surface area contributed by atoms with E-state index in [-0.39, 0.29) is 6.61 Å². The van der Waals surface area contributed by atoms with Crippen LogP contribution in [-0.2, 0) is 28.9 Å². The Kier molecular flexibility index (Phi) is 5.93. The fourth-order valence-corrected chi connectivity index (χ4v) is 2.48. The van der Waals surface area contributed by atoms with E-state index in [1.807, 2.05) is 30.3 Å². The molecule has 2 aromatic carbocycles. The summed E-state index contributed by atoms with van der Waals surface area (Å²) in [5, 5.41) is 4.23. The second-order valence-electron chi connectivity index (χ2n) is 6.09. The van der Waals surface area contributed by atoms with E-state index in [2.05, 4.69) is 5.10 Å². The van der Waals surface area contributed by atoms with Crippen molar-refractivity contribution in [3.63, 3.8) is 0 Å². The van der Waals surface area contributed by atoms with Crippen LogP contribution in [0.1, 0.15) is 22.3 Å². The number of rotatable bonds is 6. The molecule has 144 valence electrons. The minimum Gasteiger partial charge on any atom is -0.458 e. The zero-order valence-corrected chi connectivity index (χ0v) is 14.8. The van der Waals surface area contributed by atoms with Crippen molar-refractivity contribution in [2.24, 2.45) is 0 Å². The number of hydrogen-bond acceptors (Lipinski definition) is 3. The van der Waals surface area contributed by atoms with Gasteiger partial charge in [0.2, 0.25) is 0 Å². The van der Waals surface area contributed by atoms with Crippen LogP contribution >= 0.6 is 0 Å². The lowest BCUT2D eigenvalue weighted by Crippen LogP contribution is -2.05. The summed E-state index contributed by atoms with van der Waals surface area (Å²) >= 11 is 0. The minimum absolute atomic E-state index is 0.103. The van der Waals surface area contributed by atoms with Gasteiger partial charge in [-0.15, -0.1) is 0 Å². The lowest BCUT2D eigenvalue weighted by atomic mass is 10.1. The molecule has 1 heterocycles. The molecule has 4 nitrogen and oxygen atoms in total. The lowest BCUT2D eigenvalue weighted by Gasteiger charge is -2.07. The molecule has 3 aromatic rings. The van der Waals surface area contributed by atoms with Crippen LogP contribution in [0.2, 0.25) is 0 Å². The van der Waals surface area contributed by atoms with Crippen molar-refractivity contribution in [3.8, 4) is 0 Å². The van der Waals surface area contributed by atoms with Crippen molar-refractivity contribution in [3.05, 3.63) is 95.3 Å². The first-order valence-electron chi connectivity index (χ1n) is 8.47. The summed E-state index contributed by atoms with van der Waals surface area (Å²) in [5.41, 5.74) is 1.58. The van der Waals surface area contributed by atoms with Crippen molar-refractivity contribution in [2.75, 3.05) is 0 Å². The van der Waals surface area contributed by atoms with Crippen molar-refractivity contribution in [2.45, 2.75) is 19.3 Å². The summed E-state index contributed by atoms with van der Waals surface area (Å²) in [6.45, 7) is 0.516. The molecular formula is C21H17F3N2O2. The number of aromatic nitrogens is 2. The molecule has 0 atom stereocenters. The van der Waals surface area contributed by atoms with Crippen LogP contribution in [0.25, 0.3) is 6.08 Å². The Morgan fingerprint density at radius 1 is 1.04 bits per heavy atom. The minimum atomic E-state index is -4.39. The normalized spacial score (nSPS) is 11.7. The molecule has 0 spiro atoms. The highest BCUT2D eigenvalue weighted by molar-refractivity contribution is 5.86. The van der Waals surface area contributed by atoms with Crippen LogP contribution in [0, 0.1) is 0 Å². The summed E-state index contributed by atoms with van der Waals surface area (Å²) in [7, 11) is 0. The molecule has 28 heavy (non-hydrogen) atoms. The van der Waals surface area contributed by atoms with Crippen molar-refractivity contribution in [1.82, 2.24) is 9.78 Å². The van der Waals surface area contributed by atoms with Crippen LogP contribution in [0.15, 0.2) is 73.1 Å². The number of carbonyl (C=O) groups is 1. The Labute approximate surface area is 159 Å². The van der Waals surface area contributed by atoms with Gasteiger partial charge in [0.25, 0.3) is 0 Å². The number of ether oxygens (including phenoxy) is 1. The van der Waals surface area contributed by atoms with E-state index < -0.39 is 17.7 Å². The monoisotopic (exact) mass is 386 g/mol. The lowest BCUT2D eigenvalue weighted by molar-refractivity contribution is -0.139. The van der Waals surface area contributed by atoms with E-state index in [0.29, 0.717) is 12.1 Å². The number of carbonyl (C=O) groups excluding carboxylic acids is 1. The third-order valence-electron chi connectivity index (χ3n) is 3.91. The maximum Gasteiger partial charge on any atom is 0.416 e. The number of halogens is 3. The molecule has 1 aromatic heterocycles. The molecule has 0 fully saturated rings. The van der Waals surface area contributed by atoms with E-state index in [9.17, 15) is 18.0 Å². The van der Waals surface area contributed by atoms with Crippen LogP contribution in [0.4, 0.5) is 13.2 Å². The zero-order chi connectivity index (χ0) is 20.0. The average molecular weight is 386 g/mol. The van der Waals surface area contributed by atoms with E-state index in [0.717, 1.165) is 23.3 Å². The van der Waals surface area contributed by atoms with Gasteiger partial charge in [-0.25, -0.2) is 4.79 Å². The summed E-state index contributed by atoms with van der Waals surface area (Å²) in [5.74, 6) is -0.587. The Balaban J connectivity index is 1.50.